The molecule has 0 spiro atoms. The van der Waals surface area contributed by atoms with Gasteiger partial charge in [0.2, 0.25) is 5.91 Å². The Kier molecular flexibility index (Phi) is 12.6. The summed E-state index contributed by atoms with van der Waals surface area (Å²) in [5, 5.41) is 23.4. The van der Waals surface area contributed by atoms with E-state index in [1.807, 2.05) is 84.9 Å². The molecular formula is C37H45N5O5. The second kappa shape index (κ2) is 17.5. The largest absolute Gasteiger partial charge is 0.445 e. The van der Waals surface area contributed by atoms with E-state index in [2.05, 4.69) is 21.2 Å². The molecule has 3 aromatic rings. The van der Waals surface area contributed by atoms with E-state index in [1.54, 1.807) is 4.90 Å². The highest BCUT2D eigenvalue weighted by atomic mass is 16.6. The minimum atomic E-state index is -0.660. The molecule has 10 heteroatoms. The monoisotopic (exact) mass is 639 g/mol. The standard InChI is InChI=1S/C37H45N5O5/c38-24-32-13-7-8-14-35(32)41-21-19-40(20-22-41)25-34(43)28-46-27-33(23-29-9-3-1-4-10-29)39-36(44)31-15-17-42(18-16-31)37(45)47-26-30-11-5-2-6-12-30/h1-14,31,33-34,43H,15-23,25-28H2,(H,39,44)/t33-,34-/m1/s1. The van der Waals surface area contributed by atoms with E-state index >= 15 is 0 Å². The Morgan fingerprint density at radius 2 is 1.49 bits per heavy atom. The van der Waals surface area contributed by atoms with Crippen molar-refractivity contribution >= 4 is 17.7 Å². The second-order valence-corrected chi connectivity index (χ2v) is 12.3. The highest BCUT2D eigenvalue weighted by molar-refractivity contribution is 5.79. The highest BCUT2D eigenvalue weighted by Gasteiger charge is 2.29. The number of piperidine rings is 1. The third kappa shape index (κ3) is 10.3. The van der Waals surface area contributed by atoms with Crippen molar-refractivity contribution in [2.75, 3.05) is 63.9 Å². The van der Waals surface area contributed by atoms with Gasteiger partial charge < -0.3 is 29.7 Å². The number of carbonyl (C=O) groups is 2. The number of hydrogen-bond acceptors (Lipinski definition) is 8. The Labute approximate surface area is 277 Å². The fourth-order valence-corrected chi connectivity index (χ4v) is 6.22. The van der Waals surface area contributed by atoms with Crippen LogP contribution < -0.4 is 10.2 Å². The summed E-state index contributed by atoms with van der Waals surface area (Å²) in [6.45, 7) is 5.24. The molecule has 2 amide bonds. The van der Waals surface area contributed by atoms with Crippen molar-refractivity contribution in [1.29, 1.82) is 5.26 Å². The number of β-amino-alcohol motifs (C(OH)–C–C–N with tert-alkyl or cyclic N) is 1. The van der Waals surface area contributed by atoms with Crippen molar-refractivity contribution in [3.05, 3.63) is 102 Å². The number of piperazine rings is 1. The number of likely N-dealkylation sites (tertiary alicyclic amines) is 1. The van der Waals surface area contributed by atoms with E-state index in [0.717, 1.165) is 43.0 Å². The number of nitrogens with zero attached hydrogens (tertiary/aromatic N) is 4. The van der Waals surface area contributed by atoms with Crippen LogP contribution in [0.15, 0.2) is 84.9 Å². The lowest BCUT2D eigenvalue weighted by Gasteiger charge is -2.37. The van der Waals surface area contributed by atoms with Crippen LogP contribution >= 0.6 is 0 Å². The van der Waals surface area contributed by atoms with Crippen LogP contribution in [-0.4, -0.2) is 98.1 Å². The van der Waals surface area contributed by atoms with E-state index in [9.17, 15) is 20.0 Å². The predicted octanol–water partition coefficient (Wildman–Crippen LogP) is 3.83. The quantitative estimate of drug-likeness (QED) is 0.290. The lowest BCUT2D eigenvalue weighted by Crippen LogP contribution is -2.49. The molecule has 2 atom stereocenters. The maximum Gasteiger partial charge on any atom is 0.410 e. The first kappa shape index (κ1) is 33.9. The van der Waals surface area contributed by atoms with Crippen LogP contribution in [0.3, 0.4) is 0 Å². The number of nitrogens with one attached hydrogen (secondary N) is 1. The number of carbonyl (C=O) groups excluding carboxylic acids is 2. The molecule has 2 fully saturated rings. The van der Waals surface area contributed by atoms with Crippen LogP contribution in [0.25, 0.3) is 0 Å². The Morgan fingerprint density at radius 3 is 2.17 bits per heavy atom. The number of amides is 2. The van der Waals surface area contributed by atoms with Gasteiger partial charge in [-0.25, -0.2) is 4.79 Å². The van der Waals surface area contributed by atoms with Crippen LogP contribution in [0.1, 0.15) is 29.5 Å². The zero-order valence-corrected chi connectivity index (χ0v) is 26.9. The minimum absolute atomic E-state index is 0.0387. The van der Waals surface area contributed by atoms with Gasteiger partial charge in [-0.1, -0.05) is 72.8 Å². The zero-order valence-electron chi connectivity index (χ0n) is 26.9. The first-order valence-electron chi connectivity index (χ1n) is 16.5. The lowest BCUT2D eigenvalue weighted by molar-refractivity contribution is -0.127. The molecule has 10 nitrogen and oxygen atoms in total. The molecular weight excluding hydrogens is 594 g/mol. The van der Waals surface area contributed by atoms with Gasteiger partial charge >= 0.3 is 6.09 Å². The van der Waals surface area contributed by atoms with E-state index in [4.69, 9.17) is 9.47 Å². The first-order valence-corrected chi connectivity index (χ1v) is 16.5. The van der Waals surface area contributed by atoms with Gasteiger partial charge in [-0.05, 0) is 42.5 Å². The van der Waals surface area contributed by atoms with Gasteiger partial charge in [0.15, 0.2) is 0 Å². The highest BCUT2D eigenvalue weighted by Crippen LogP contribution is 2.22. The van der Waals surface area contributed by atoms with Crippen molar-refractivity contribution in [2.24, 2.45) is 5.92 Å². The Balaban J connectivity index is 1.05. The fraction of sp³-hybridized carbons (Fsp3) is 0.432. The van der Waals surface area contributed by atoms with Crippen molar-refractivity contribution < 1.29 is 24.2 Å². The third-order valence-corrected chi connectivity index (χ3v) is 8.84. The molecule has 2 heterocycles. The van der Waals surface area contributed by atoms with Gasteiger partial charge in [0, 0.05) is 51.7 Å². The Bertz CT molecular complexity index is 1450. The van der Waals surface area contributed by atoms with E-state index in [0.29, 0.717) is 44.5 Å². The molecule has 0 unspecified atom stereocenters. The topological polar surface area (TPSA) is 118 Å². The average molecular weight is 640 g/mol. The smallest absolute Gasteiger partial charge is 0.410 e. The first-order chi connectivity index (χ1) is 23.0. The molecule has 2 aliphatic heterocycles. The molecule has 248 valence electrons. The van der Waals surface area contributed by atoms with Gasteiger partial charge in [-0.3, -0.25) is 9.69 Å². The molecule has 47 heavy (non-hydrogen) atoms. The Morgan fingerprint density at radius 1 is 0.851 bits per heavy atom. The van der Waals surface area contributed by atoms with Crippen molar-refractivity contribution in [1.82, 2.24) is 15.1 Å². The van der Waals surface area contributed by atoms with Crippen LogP contribution in [-0.2, 0) is 27.3 Å². The van der Waals surface area contributed by atoms with E-state index in [1.165, 1.54) is 0 Å². The summed E-state index contributed by atoms with van der Waals surface area (Å²) in [6.07, 6.45) is 0.734. The molecule has 3 aromatic carbocycles. The number of benzene rings is 3. The summed E-state index contributed by atoms with van der Waals surface area (Å²) in [5.74, 6) is -0.237. The number of aliphatic hydroxyl groups is 1. The molecule has 0 aliphatic carbocycles. The summed E-state index contributed by atoms with van der Waals surface area (Å²) in [5.41, 5.74) is 3.66. The Hall–Kier alpha value is -4.43. The second-order valence-electron chi connectivity index (χ2n) is 12.3. The molecule has 0 saturated carbocycles. The number of rotatable bonds is 13. The molecule has 0 radical (unpaired) electrons. The SMILES string of the molecule is N#Cc1ccccc1N1CCN(C[C@@H](O)COC[C@@H](Cc2ccccc2)NC(=O)C2CCN(C(=O)OCc3ccccc3)CC2)CC1. The maximum absolute atomic E-state index is 13.3. The fourth-order valence-electron chi connectivity index (χ4n) is 6.22. The van der Waals surface area contributed by atoms with Gasteiger partial charge in [-0.15, -0.1) is 0 Å². The average Bonchev–Trinajstić information content (AvgIpc) is 3.11. The summed E-state index contributed by atoms with van der Waals surface area (Å²) < 4.78 is 11.5. The van der Waals surface area contributed by atoms with Crippen LogP contribution in [0, 0.1) is 17.2 Å². The molecule has 5 rings (SSSR count). The third-order valence-electron chi connectivity index (χ3n) is 8.84. The summed E-state index contributed by atoms with van der Waals surface area (Å²) in [4.78, 5) is 32.0. The van der Waals surface area contributed by atoms with E-state index in [-0.39, 0.29) is 43.8 Å². The summed E-state index contributed by atoms with van der Waals surface area (Å²) in [6, 6.07) is 29.2. The van der Waals surface area contributed by atoms with Crippen LogP contribution in [0.5, 0.6) is 0 Å². The summed E-state index contributed by atoms with van der Waals surface area (Å²) in [7, 11) is 0. The number of aliphatic hydroxyl groups excluding tert-OH is 1. The molecule has 0 aromatic heterocycles. The normalized spacial score (nSPS) is 17.0. The number of anilines is 1. The maximum atomic E-state index is 13.3. The van der Waals surface area contributed by atoms with Gasteiger partial charge in [0.1, 0.15) is 12.7 Å². The van der Waals surface area contributed by atoms with Gasteiger partial charge in [0.05, 0.1) is 36.6 Å². The number of hydrogen-bond donors (Lipinski definition) is 2. The number of nitriles is 1. The predicted molar refractivity (Wildman–Crippen MR) is 180 cm³/mol. The molecule has 2 aliphatic rings. The van der Waals surface area contributed by atoms with Crippen LogP contribution in [0.2, 0.25) is 0 Å². The molecule has 2 N–H and O–H groups in total. The van der Waals surface area contributed by atoms with Crippen LogP contribution in [0.4, 0.5) is 10.5 Å². The van der Waals surface area contributed by atoms with Crippen molar-refractivity contribution in [3.8, 4) is 6.07 Å². The van der Waals surface area contributed by atoms with Gasteiger partial charge in [0.25, 0.3) is 0 Å². The number of para-hydroxylation sites is 1. The van der Waals surface area contributed by atoms with Gasteiger partial charge in [-0.2, -0.15) is 5.26 Å². The van der Waals surface area contributed by atoms with Crippen molar-refractivity contribution in [2.45, 2.75) is 38.0 Å². The lowest BCUT2D eigenvalue weighted by atomic mass is 9.95. The van der Waals surface area contributed by atoms with E-state index < -0.39 is 6.10 Å². The van der Waals surface area contributed by atoms with Crippen molar-refractivity contribution in [3.63, 3.8) is 0 Å². The summed E-state index contributed by atoms with van der Waals surface area (Å²) >= 11 is 0. The number of ether oxygens (including phenoxy) is 2. The molecule has 0 bridgehead atoms. The minimum Gasteiger partial charge on any atom is -0.445 e. The molecule has 2 saturated heterocycles. The zero-order chi connectivity index (χ0) is 32.8.